The van der Waals surface area contributed by atoms with Gasteiger partial charge in [-0.05, 0) is 19.8 Å². The first-order chi connectivity index (χ1) is 5.47. The molecule has 12 heavy (non-hydrogen) atoms. The van der Waals surface area contributed by atoms with E-state index in [2.05, 4.69) is 21.9 Å². The van der Waals surface area contributed by atoms with Gasteiger partial charge in [0.15, 0.2) is 0 Å². The van der Waals surface area contributed by atoms with Gasteiger partial charge in [0.05, 0.1) is 0 Å². The molecule has 0 saturated heterocycles. The lowest BCUT2D eigenvalue weighted by molar-refractivity contribution is 0.143. The summed E-state index contributed by atoms with van der Waals surface area (Å²) in [6.07, 6.45) is 1.56. The zero-order valence-corrected chi connectivity index (χ0v) is 7.37. The maximum atomic E-state index is 9.25. The van der Waals surface area contributed by atoms with Crippen LogP contribution in [0.1, 0.15) is 19.7 Å². The van der Waals surface area contributed by atoms with Crippen LogP contribution in [0.15, 0.2) is 6.33 Å². The lowest BCUT2D eigenvalue weighted by atomic mass is 10.1. The molecule has 0 radical (unpaired) electrons. The number of hydrogen-bond acceptors (Lipinski definition) is 3. The highest BCUT2D eigenvalue weighted by atomic mass is 16.3. The Kier molecular flexibility index (Phi) is 2.15. The van der Waals surface area contributed by atoms with Crippen molar-refractivity contribution in [2.24, 2.45) is 7.05 Å². The topological polar surface area (TPSA) is 50.9 Å². The fraction of sp³-hybridized carbons (Fsp3) is 0.500. The molecule has 0 fully saturated rings. The molecule has 1 rings (SSSR count). The number of nitrogens with zero attached hydrogens (tertiary/aromatic N) is 3. The van der Waals surface area contributed by atoms with Crippen molar-refractivity contribution >= 4 is 0 Å². The SMILES string of the molecule is Cn1cnc(C#CC(C)(C)O)n1. The summed E-state index contributed by atoms with van der Waals surface area (Å²) in [6.45, 7) is 3.23. The molecule has 1 heterocycles. The van der Waals surface area contributed by atoms with Crippen molar-refractivity contribution in [3.8, 4) is 11.8 Å². The average molecular weight is 165 g/mol. The Morgan fingerprint density at radius 2 is 2.25 bits per heavy atom. The van der Waals surface area contributed by atoms with E-state index in [-0.39, 0.29) is 0 Å². The molecule has 0 bridgehead atoms. The quantitative estimate of drug-likeness (QED) is 0.548. The van der Waals surface area contributed by atoms with Crippen LogP contribution in [0.4, 0.5) is 0 Å². The molecule has 4 heteroatoms. The van der Waals surface area contributed by atoms with Crippen LogP contribution in [-0.2, 0) is 7.05 Å². The molecule has 0 aliphatic carbocycles. The van der Waals surface area contributed by atoms with Crippen molar-refractivity contribution in [1.82, 2.24) is 14.8 Å². The predicted octanol–water partition coefficient (Wildman–Crippen LogP) is -0.0625. The van der Waals surface area contributed by atoms with E-state index in [4.69, 9.17) is 0 Å². The molecule has 1 aromatic rings. The highest BCUT2D eigenvalue weighted by molar-refractivity contribution is 5.23. The average Bonchev–Trinajstić information content (AvgIpc) is 2.30. The van der Waals surface area contributed by atoms with Gasteiger partial charge in [0.1, 0.15) is 11.9 Å². The Balaban J connectivity index is 2.80. The van der Waals surface area contributed by atoms with Gasteiger partial charge < -0.3 is 5.11 Å². The third-order valence-corrected chi connectivity index (χ3v) is 1.08. The van der Waals surface area contributed by atoms with Gasteiger partial charge in [-0.1, -0.05) is 5.92 Å². The maximum absolute atomic E-state index is 9.25. The van der Waals surface area contributed by atoms with Crippen LogP contribution in [0.5, 0.6) is 0 Å². The molecule has 0 aliphatic rings. The minimum absolute atomic E-state index is 0.430. The first-order valence-corrected chi connectivity index (χ1v) is 3.58. The summed E-state index contributed by atoms with van der Waals surface area (Å²) in [4.78, 5) is 3.89. The third kappa shape index (κ3) is 2.72. The summed E-state index contributed by atoms with van der Waals surface area (Å²) in [5.41, 5.74) is -0.987. The Morgan fingerprint density at radius 3 is 2.67 bits per heavy atom. The summed E-state index contributed by atoms with van der Waals surface area (Å²) in [7, 11) is 1.77. The van der Waals surface area contributed by atoms with Crippen LogP contribution < -0.4 is 0 Å². The molecule has 64 valence electrons. The van der Waals surface area contributed by atoms with Gasteiger partial charge in [-0.3, -0.25) is 4.68 Å². The van der Waals surface area contributed by atoms with E-state index in [0.29, 0.717) is 5.82 Å². The number of aliphatic hydroxyl groups is 1. The normalized spacial score (nSPS) is 10.7. The molecule has 0 atom stereocenters. The van der Waals surface area contributed by atoms with E-state index in [1.54, 1.807) is 31.9 Å². The molecule has 4 nitrogen and oxygen atoms in total. The minimum atomic E-state index is -0.987. The molecule has 0 saturated carbocycles. The monoisotopic (exact) mass is 165 g/mol. The van der Waals surface area contributed by atoms with Crippen LogP contribution in [0, 0.1) is 11.8 Å². The number of aryl methyl sites for hydroxylation is 1. The number of rotatable bonds is 0. The molecular formula is C8H11N3O. The highest BCUT2D eigenvalue weighted by Crippen LogP contribution is 1.97. The summed E-state index contributed by atoms with van der Waals surface area (Å²) in [6, 6.07) is 0. The van der Waals surface area contributed by atoms with Crippen molar-refractivity contribution in [3.63, 3.8) is 0 Å². The zero-order chi connectivity index (χ0) is 9.19. The van der Waals surface area contributed by atoms with Gasteiger partial charge in [-0.2, -0.15) is 0 Å². The van der Waals surface area contributed by atoms with Gasteiger partial charge in [0.2, 0.25) is 5.82 Å². The van der Waals surface area contributed by atoms with E-state index in [1.165, 1.54) is 0 Å². The van der Waals surface area contributed by atoms with Gasteiger partial charge in [-0.15, -0.1) is 5.10 Å². The second kappa shape index (κ2) is 2.95. The third-order valence-electron chi connectivity index (χ3n) is 1.08. The standard InChI is InChI=1S/C8H11N3O/c1-8(2,12)5-4-7-9-6-11(3)10-7/h6,12H,1-3H3. The van der Waals surface area contributed by atoms with Crippen molar-refractivity contribution in [3.05, 3.63) is 12.2 Å². The molecule has 1 aromatic heterocycles. The van der Waals surface area contributed by atoms with E-state index in [0.717, 1.165) is 0 Å². The zero-order valence-electron chi connectivity index (χ0n) is 7.37. The summed E-state index contributed by atoms with van der Waals surface area (Å²) in [5, 5.41) is 13.2. The fourth-order valence-corrected chi connectivity index (χ4v) is 0.605. The Bertz CT molecular complexity index is 324. The predicted molar refractivity (Wildman–Crippen MR) is 44.2 cm³/mol. The van der Waals surface area contributed by atoms with Crippen LogP contribution in [0.2, 0.25) is 0 Å². The second-order valence-electron chi connectivity index (χ2n) is 3.05. The van der Waals surface area contributed by atoms with E-state index in [9.17, 15) is 5.11 Å². The molecule has 1 N–H and O–H groups in total. The first-order valence-electron chi connectivity index (χ1n) is 3.58. The molecule has 0 amide bonds. The smallest absolute Gasteiger partial charge is 0.225 e. The molecule has 0 aromatic carbocycles. The van der Waals surface area contributed by atoms with E-state index in [1.807, 2.05) is 0 Å². The van der Waals surface area contributed by atoms with Gasteiger partial charge in [-0.25, -0.2) is 4.98 Å². The Hall–Kier alpha value is -1.34. The molecule has 0 spiro atoms. The number of aromatic nitrogens is 3. The molecule has 0 aliphatic heterocycles. The van der Waals surface area contributed by atoms with Gasteiger partial charge in [0, 0.05) is 7.05 Å². The van der Waals surface area contributed by atoms with E-state index < -0.39 is 5.60 Å². The maximum Gasteiger partial charge on any atom is 0.225 e. The highest BCUT2D eigenvalue weighted by Gasteiger charge is 2.06. The summed E-state index contributed by atoms with van der Waals surface area (Å²) in [5.74, 6) is 5.71. The Labute approximate surface area is 71.2 Å². The van der Waals surface area contributed by atoms with Crippen LogP contribution in [0.25, 0.3) is 0 Å². The number of hydrogen-bond donors (Lipinski definition) is 1. The van der Waals surface area contributed by atoms with Gasteiger partial charge >= 0.3 is 0 Å². The largest absolute Gasteiger partial charge is 0.378 e. The minimum Gasteiger partial charge on any atom is -0.378 e. The van der Waals surface area contributed by atoms with Crippen molar-refractivity contribution < 1.29 is 5.11 Å². The first kappa shape index (κ1) is 8.75. The molecule has 0 unspecified atom stereocenters. The van der Waals surface area contributed by atoms with Crippen LogP contribution in [0.3, 0.4) is 0 Å². The molecular weight excluding hydrogens is 154 g/mol. The van der Waals surface area contributed by atoms with Crippen molar-refractivity contribution in [2.75, 3.05) is 0 Å². The summed E-state index contributed by atoms with van der Waals surface area (Å²) >= 11 is 0. The van der Waals surface area contributed by atoms with Crippen molar-refractivity contribution in [1.29, 1.82) is 0 Å². The van der Waals surface area contributed by atoms with Crippen molar-refractivity contribution in [2.45, 2.75) is 19.4 Å². The van der Waals surface area contributed by atoms with Gasteiger partial charge in [0.25, 0.3) is 0 Å². The van der Waals surface area contributed by atoms with Crippen LogP contribution in [-0.4, -0.2) is 25.5 Å². The lowest BCUT2D eigenvalue weighted by Crippen LogP contribution is -2.14. The van der Waals surface area contributed by atoms with E-state index >= 15 is 0 Å². The second-order valence-corrected chi connectivity index (χ2v) is 3.05. The Morgan fingerprint density at radius 1 is 1.58 bits per heavy atom. The lowest BCUT2D eigenvalue weighted by Gasteiger charge is -2.04. The van der Waals surface area contributed by atoms with Crippen LogP contribution >= 0.6 is 0 Å². The fourth-order valence-electron chi connectivity index (χ4n) is 0.605. The summed E-state index contributed by atoms with van der Waals surface area (Å²) < 4.78 is 1.56.